The fourth-order valence-electron chi connectivity index (χ4n) is 3.22. The monoisotopic (exact) mass is 521 g/mol. The van der Waals surface area contributed by atoms with Gasteiger partial charge in [0.25, 0.3) is 5.91 Å². The summed E-state index contributed by atoms with van der Waals surface area (Å²) in [5.41, 5.74) is -0.730. The Balaban J connectivity index is 1.89. The SMILES string of the molecule is CCOc1cc(/C=C2/SC(N(CCO)CCO)=NC2=O)ccc1Oc1ccc(C#N)cc1C(F)(F)F. The second kappa shape index (κ2) is 11.9. The number of halogens is 3. The molecule has 1 heterocycles. The summed E-state index contributed by atoms with van der Waals surface area (Å²) in [5, 5.41) is 27.7. The number of aliphatic hydroxyl groups excluding tert-OH is 2. The number of aliphatic hydroxyl groups is 2. The zero-order valence-corrected chi connectivity index (χ0v) is 19.9. The van der Waals surface area contributed by atoms with Gasteiger partial charge in [-0.3, -0.25) is 4.79 Å². The van der Waals surface area contributed by atoms with E-state index in [9.17, 15) is 28.2 Å². The van der Waals surface area contributed by atoms with Gasteiger partial charge in [0, 0.05) is 13.1 Å². The van der Waals surface area contributed by atoms with Crippen molar-refractivity contribution in [2.45, 2.75) is 13.1 Å². The van der Waals surface area contributed by atoms with E-state index in [1.54, 1.807) is 30.0 Å². The number of aliphatic imine (C=N–C) groups is 1. The number of nitrogens with zero attached hydrogens (tertiary/aromatic N) is 3. The standard InChI is InChI=1S/C24H22F3N3O5S/c1-2-34-20-12-15(13-21-22(33)29-23(36-21)30(7-9-31)8-10-32)3-6-19(20)35-18-5-4-16(14-28)11-17(18)24(25,26)27/h3-6,11-13,31-32H,2,7-10H2,1H3/b21-13+. The number of nitriles is 1. The summed E-state index contributed by atoms with van der Waals surface area (Å²) < 4.78 is 51.7. The average Bonchev–Trinajstić information content (AvgIpc) is 3.20. The van der Waals surface area contributed by atoms with Gasteiger partial charge in [0.2, 0.25) is 0 Å². The Bertz CT molecular complexity index is 1220. The molecule has 36 heavy (non-hydrogen) atoms. The van der Waals surface area contributed by atoms with E-state index in [0.29, 0.717) is 16.8 Å². The normalized spacial score (nSPS) is 14.5. The third kappa shape index (κ3) is 6.57. The van der Waals surface area contributed by atoms with Crippen LogP contribution in [0.15, 0.2) is 46.3 Å². The predicted molar refractivity (Wildman–Crippen MR) is 128 cm³/mol. The minimum Gasteiger partial charge on any atom is -0.490 e. The maximum absolute atomic E-state index is 13.5. The van der Waals surface area contributed by atoms with Crippen molar-refractivity contribution in [3.8, 4) is 23.3 Å². The number of carbonyl (C=O) groups excluding carboxylic acids is 1. The molecule has 12 heteroatoms. The zero-order chi connectivity index (χ0) is 26.3. The van der Waals surface area contributed by atoms with Crippen LogP contribution in [-0.2, 0) is 11.0 Å². The lowest BCUT2D eigenvalue weighted by Crippen LogP contribution is -2.33. The summed E-state index contributed by atoms with van der Waals surface area (Å²) in [5.74, 6) is -0.806. The first kappa shape index (κ1) is 27.1. The van der Waals surface area contributed by atoms with Crippen LogP contribution in [0.2, 0.25) is 0 Å². The molecular formula is C24H22F3N3O5S. The van der Waals surface area contributed by atoms with Crippen LogP contribution >= 0.6 is 11.8 Å². The molecule has 0 unspecified atom stereocenters. The fourth-order valence-corrected chi connectivity index (χ4v) is 4.19. The Morgan fingerprint density at radius 1 is 1.11 bits per heavy atom. The van der Waals surface area contributed by atoms with Crippen LogP contribution in [0.4, 0.5) is 13.2 Å². The van der Waals surface area contributed by atoms with E-state index in [0.717, 1.165) is 17.8 Å². The second-order valence-corrected chi connectivity index (χ2v) is 8.32. The molecule has 1 aliphatic heterocycles. The van der Waals surface area contributed by atoms with Gasteiger partial charge in [0.05, 0.1) is 41.9 Å². The number of carbonyl (C=O) groups is 1. The molecule has 0 atom stereocenters. The van der Waals surface area contributed by atoms with Crippen LogP contribution in [-0.4, -0.2) is 59.1 Å². The maximum Gasteiger partial charge on any atom is 0.420 e. The number of benzene rings is 2. The summed E-state index contributed by atoms with van der Waals surface area (Å²) in [6, 6.07) is 9.18. The van der Waals surface area contributed by atoms with Crippen LogP contribution in [0.1, 0.15) is 23.6 Å². The second-order valence-electron chi connectivity index (χ2n) is 7.31. The highest BCUT2D eigenvalue weighted by molar-refractivity contribution is 8.18. The first-order chi connectivity index (χ1) is 17.2. The van der Waals surface area contributed by atoms with Crippen molar-refractivity contribution in [1.29, 1.82) is 5.26 Å². The van der Waals surface area contributed by atoms with Gasteiger partial charge in [-0.05, 0) is 60.7 Å². The van der Waals surface area contributed by atoms with Crippen molar-refractivity contribution in [2.24, 2.45) is 4.99 Å². The Hall–Kier alpha value is -3.53. The lowest BCUT2D eigenvalue weighted by molar-refractivity contribution is -0.138. The third-order valence-corrected chi connectivity index (χ3v) is 5.86. The Morgan fingerprint density at radius 2 is 1.81 bits per heavy atom. The molecule has 1 aliphatic rings. The largest absolute Gasteiger partial charge is 0.490 e. The van der Waals surface area contributed by atoms with Crippen molar-refractivity contribution >= 4 is 28.9 Å². The van der Waals surface area contributed by atoms with E-state index in [4.69, 9.17) is 14.7 Å². The van der Waals surface area contributed by atoms with Crippen LogP contribution in [0.25, 0.3) is 6.08 Å². The molecule has 2 N–H and O–H groups in total. The van der Waals surface area contributed by atoms with E-state index in [-0.39, 0.29) is 54.9 Å². The molecule has 0 spiro atoms. The summed E-state index contributed by atoms with van der Waals surface area (Å²) in [6.07, 6.45) is -3.19. The van der Waals surface area contributed by atoms with Crippen LogP contribution in [0.3, 0.4) is 0 Å². The summed E-state index contributed by atoms with van der Waals surface area (Å²) >= 11 is 1.08. The third-order valence-electron chi connectivity index (χ3n) is 4.82. The highest BCUT2D eigenvalue weighted by atomic mass is 32.2. The van der Waals surface area contributed by atoms with E-state index in [1.165, 1.54) is 18.2 Å². The number of amides is 1. The molecule has 190 valence electrons. The van der Waals surface area contributed by atoms with Crippen LogP contribution in [0.5, 0.6) is 17.2 Å². The first-order valence-corrected chi connectivity index (χ1v) is 11.6. The maximum atomic E-state index is 13.5. The molecule has 0 radical (unpaired) electrons. The molecule has 0 saturated heterocycles. The van der Waals surface area contributed by atoms with Gasteiger partial charge in [0.15, 0.2) is 16.7 Å². The van der Waals surface area contributed by atoms with Gasteiger partial charge in [-0.15, -0.1) is 0 Å². The predicted octanol–water partition coefficient (Wildman–Crippen LogP) is 4.02. The highest BCUT2D eigenvalue weighted by Crippen LogP contribution is 2.41. The van der Waals surface area contributed by atoms with E-state index in [1.807, 2.05) is 0 Å². The average molecular weight is 522 g/mol. The van der Waals surface area contributed by atoms with Crippen LogP contribution in [0, 0.1) is 11.3 Å². The minimum atomic E-state index is -4.74. The molecule has 8 nitrogen and oxygen atoms in total. The quantitative estimate of drug-likeness (QED) is 0.476. The van der Waals surface area contributed by atoms with Crippen molar-refractivity contribution < 1.29 is 37.7 Å². The number of ether oxygens (including phenoxy) is 2. The highest BCUT2D eigenvalue weighted by Gasteiger charge is 2.35. The number of alkyl halides is 3. The van der Waals surface area contributed by atoms with Gasteiger partial charge in [-0.1, -0.05) is 6.07 Å². The lowest BCUT2D eigenvalue weighted by atomic mass is 10.1. The molecule has 2 aromatic rings. The number of rotatable bonds is 9. The van der Waals surface area contributed by atoms with Crippen molar-refractivity contribution in [3.63, 3.8) is 0 Å². The van der Waals surface area contributed by atoms with E-state index < -0.39 is 23.4 Å². The summed E-state index contributed by atoms with van der Waals surface area (Å²) in [6.45, 7) is 1.94. The molecule has 2 aromatic carbocycles. The number of amidine groups is 1. The number of hydrogen-bond acceptors (Lipinski definition) is 8. The zero-order valence-electron chi connectivity index (χ0n) is 19.1. The topological polar surface area (TPSA) is 115 Å². The van der Waals surface area contributed by atoms with Crippen molar-refractivity contribution in [3.05, 3.63) is 58.0 Å². The first-order valence-electron chi connectivity index (χ1n) is 10.8. The summed E-state index contributed by atoms with van der Waals surface area (Å²) in [4.78, 5) is 18.2. The molecule has 0 aromatic heterocycles. The molecule has 1 amide bonds. The Morgan fingerprint density at radius 3 is 2.42 bits per heavy atom. The van der Waals surface area contributed by atoms with E-state index in [2.05, 4.69) is 4.99 Å². The van der Waals surface area contributed by atoms with Gasteiger partial charge >= 0.3 is 6.18 Å². The van der Waals surface area contributed by atoms with Gasteiger partial charge in [0.1, 0.15) is 5.75 Å². The number of hydrogen-bond donors (Lipinski definition) is 2. The van der Waals surface area contributed by atoms with Crippen molar-refractivity contribution in [2.75, 3.05) is 32.9 Å². The molecular weight excluding hydrogens is 499 g/mol. The fraction of sp³-hybridized carbons (Fsp3) is 0.292. The summed E-state index contributed by atoms with van der Waals surface area (Å²) in [7, 11) is 0. The smallest absolute Gasteiger partial charge is 0.420 e. The Kier molecular flexibility index (Phi) is 8.98. The molecule has 3 rings (SSSR count). The van der Waals surface area contributed by atoms with E-state index >= 15 is 0 Å². The Labute approximate surface area is 209 Å². The molecule has 0 fully saturated rings. The molecule has 0 bridgehead atoms. The van der Waals surface area contributed by atoms with Gasteiger partial charge < -0.3 is 24.6 Å². The molecule has 0 aliphatic carbocycles. The van der Waals surface area contributed by atoms with Gasteiger partial charge in [-0.25, -0.2) is 0 Å². The lowest BCUT2D eigenvalue weighted by Gasteiger charge is -2.20. The molecule has 0 saturated carbocycles. The van der Waals surface area contributed by atoms with Crippen LogP contribution < -0.4 is 9.47 Å². The number of thioether (sulfide) groups is 1. The van der Waals surface area contributed by atoms with Crippen molar-refractivity contribution in [1.82, 2.24) is 4.90 Å². The van der Waals surface area contributed by atoms with Gasteiger partial charge in [-0.2, -0.15) is 23.4 Å². The minimum absolute atomic E-state index is 0.0219.